The molecular formula is C14H19NO2. The van der Waals surface area contributed by atoms with Crippen LogP contribution in [0.5, 0.6) is 0 Å². The number of carbonyl (C=O) groups is 1. The molecule has 3 nitrogen and oxygen atoms in total. The summed E-state index contributed by atoms with van der Waals surface area (Å²) in [5.41, 5.74) is 9.87. The van der Waals surface area contributed by atoms with E-state index < -0.39 is 0 Å². The maximum Gasteiger partial charge on any atom is 0.306 e. The zero-order chi connectivity index (χ0) is 12.3. The Morgan fingerprint density at radius 1 is 1.47 bits per heavy atom. The van der Waals surface area contributed by atoms with Crippen LogP contribution in [0.15, 0.2) is 18.2 Å². The van der Waals surface area contributed by atoms with E-state index in [0.717, 1.165) is 12.8 Å². The fraction of sp³-hybridized carbons (Fsp3) is 0.500. The summed E-state index contributed by atoms with van der Waals surface area (Å²) in [6.45, 7) is 0.492. The van der Waals surface area contributed by atoms with Gasteiger partial charge in [-0.2, -0.15) is 0 Å². The van der Waals surface area contributed by atoms with E-state index in [0.29, 0.717) is 13.0 Å². The highest BCUT2D eigenvalue weighted by molar-refractivity contribution is 5.70. The van der Waals surface area contributed by atoms with Gasteiger partial charge in [0.1, 0.15) is 0 Å². The van der Waals surface area contributed by atoms with Gasteiger partial charge in [0, 0.05) is 5.92 Å². The third-order valence-corrected chi connectivity index (χ3v) is 3.55. The van der Waals surface area contributed by atoms with Crippen LogP contribution in [0.1, 0.15) is 35.4 Å². The average Bonchev–Trinajstić information content (AvgIpc) is 2.83. The lowest BCUT2D eigenvalue weighted by molar-refractivity contribution is -0.141. The normalized spacial score (nSPS) is 15.4. The van der Waals surface area contributed by atoms with Crippen molar-refractivity contribution in [3.63, 3.8) is 0 Å². The molecule has 0 radical (unpaired) electrons. The molecule has 0 saturated carbocycles. The van der Waals surface area contributed by atoms with Crippen LogP contribution in [0.2, 0.25) is 0 Å². The molecule has 92 valence electrons. The van der Waals surface area contributed by atoms with Crippen LogP contribution in [0.3, 0.4) is 0 Å². The molecule has 1 atom stereocenters. The molecule has 0 aliphatic heterocycles. The van der Waals surface area contributed by atoms with Crippen LogP contribution < -0.4 is 5.73 Å². The molecule has 0 saturated heterocycles. The summed E-state index contributed by atoms with van der Waals surface area (Å²) in [5.74, 6) is -0.0912. The van der Waals surface area contributed by atoms with E-state index in [2.05, 4.69) is 18.2 Å². The zero-order valence-corrected chi connectivity index (χ0v) is 10.2. The number of rotatable bonds is 4. The minimum absolute atomic E-state index is 0.0931. The first-order valence-corrected chi connectivity index (χ1v) is 6.13. The minimum atomic E-state index is -0.184. The molecule has 1 aliphatic rings. The Morgan fingerprint density at radius 3 is 3.00 bits per heavy atom. The van der Waals surface area contributed by atoms with Gasteiger partial charge in [-0.1, -0.05) is 18.2 Å². The van der Waals surface area contributed by atoms with Gasteiger partial charge in [-0.25, -0.2) is 0 Å². The van der Waals surface area contributed by atoms with Crippen molar-refractivity contribution in [3.05, 3.63) is 34.9 Å². The number of hydrogen-bond acceptors (Lipinski definition) is 3. The highest BCUT2D eigenvalue weighted by atomic mass is 16.5. The molecule has 0 spiro atoms. The molecule has 1 aliphatic carbocycles. The number of fused-ring (bicyclic) bond motifs is 1. The summed E-state index contributed by atoms with van der Waals surface area (Å²) in [6, 6.07) is 6.35. The number of esters is 1. The Balaban J connectivity index is 2.25. The van der Waals surface area contributed by atoms with Crippen molar-refractivity contribution in [3.8, 4) is 0 Å². The summed E-state index contributed by atoms with van der Waals surface area (Å²) in [6.07, 6.45) is 3.85. The number of carbonyl (C=O) groups excluding carboxylic acids is 1. The topological polar surface area (TPSA) is 52.3 Å². The molecule has 1 aromatic rings. The molecule has 0 fully saturated rings. The third kappa shape index (κ3) is 2.50. The molecule has 2 N–H and O–H groups in total. The summed E-state index contributed by atoms with van der Waals surface area (Å²) in [4.78, 5) is 11.4. The van der Waals surface area contributed by atoms with Crippen molar-refractivity contribution in [2.24, 2.45) is 5.73 Å². The third-order valence-electron chi connectivity index (χ3n) is 3.55. The van der Waals surface area contributed by atoms with E-state index in [4.69, 9.17) is 10.5 Å². The van der Waals surface area contributed by atoms with Crippen LogP contribution in [0.4, 0.5) is 0 Å². The van der Waals surface area contributed by atoms with Crippen LogP contribution in [-0.2, 0) is 22.4 Å². The lowest BCUT2D eigenvalue weighted by Crippen LogP contribution is -2.18. The monoisotopic (exact) mass is 233 g/mol. The van der Waals surface area contributed by atoms with Gasteiger partial charge in [0.05, 0.1) is 13.5 Å². The summed E-state index contributed by atoms with van der Waals surface area (Å²) in [7, 11) is 1.42. The van der Waals surface area contributed by atoms with Gasteiger partial charge in [-0.15, -0.1) is 0 Å². The molecule has 1 aromatic carbocycles. The smallest absolute Gasteiger partial charge is 0.306 e. The van der Waals surface area contributed by atoms with E-state index in [1.165, 1.54) is 30.2 Å². The highest BCUT2D eigenvalue weighted by Gasteiger charge is 2.21. The Hall–Kier alpha value is -1.35. The quantitative estimate of drug-likeness (QED) is 0.806. The second kappa shape index (κ2) is 5.32. The largest absolute Gasteiger partial charge is 0.469 e. The van der Waals surface area contributed by atoms with Gasteiger partial charge in [0.25, 0.3) is 0 Å². The average molecular weight is 233 g/mol. The Labute approximate surface area is 102 Å². The van der Waals surface area contributed by atoms with Crippen LogP contribution in [-0.4, -0.2) is 19.6 Å². The molecule has 0 bridgehead atoms. The molecule has 17 heavy (non-hydrogen) atoms. The molecule has 0 heterocycles. The van der Waals surface area contributed by atoms with Crippen molar-refractivity contribution in [1.29, 1.82) is 0 Å². The van der Waals surface area contributed by atoms with Gasteiger partial charge in [0.15, 0.2) is 0 Å². The molecule has 2 rings (SSSR count). The second-order valence-corrected chi connectivity index (χ2v) is 4.55. The van der Waals surface area contributed by atoms with E-state index in [9.17, 15) is 4.79 Å². The predicted molar refractivity (Wildman–Crippen MR) is 66.9 cm³/mol. The lowest BCUT2D eigenvalue weighted by Gasteiger charge is -2.17. The molecule has 0 amide bonds. The van der Waals surface area contributed by atoms with Crippen LogP contribution >= 0.6 is 0 Å². The van der Waals surface area contributed by atoms with Crippen molar-refractivity contribution < 1.29 is 9.53 Å². The van der Waals surface area contributed by atoms with Crippen molar-refractivity contribution in [2.75, 3.05) is 13.7 Å². The summed E-state index contributed by atoms with van der Waals surface area (Å²) < 4.78 is 4.73. The number of benzene rings is 1. The Morgan fingerprint density at radius 2 is 2.29 bits per heavy atom. The van der Waals surface area contributed by atoms with Gasteiger partial charge >= 0.3 is 5.97 Å². The molecular weight excluding hydrogens is 214 g/mol. The Kier molecular flexibility index (Phi) is 3.79. The fourth-order valence-electron chi connectivity index (χ4n) is 2.64. The fourth-order valence-corrected chi connectivity index (χ4v) is 2.64. The number of hydrogen-bond donors (Lipinski definition) is 1. The standard InChI is InChI=1S/C14H19NO2/c1-17-14(16)8-11(9-15)13-7-3-5-10-4-2-6-12(10)13/h3,5,7,11H,2,4,6,8-9,15H2,1H3. The van der Waals surface area contributed by atoms with Gasteiger partial charge < -0.3 is 10.5 Å². The zero-order valence-electron chi connectivity index (χ0n) is 10.2. The van der Waals surface area contributed by atoms with Crippen molar-refractivity contribution >= 4 is 5.97 Å². The highest BCUT2D eigenvalue weighted by Crippen LogP contribution is 2.31. The first kappa shape index (κ1) is 12.1. The first-order chi connectivity index (χ1) is 8.26. The van der Waals surface area contributed by atoms with E-state index in [1.54, 1.807) is 0 Å². The predicted octanol–water partition coefficient (Wildman–Crippen LogP) is 1.78. The van der Waals surface area contributed by atoms with Crippen LogP contribution in [0, 0.1) is 0 Å². The maximum atomic E-state index is 11.4. The van der Waals surface area contributed by atoms with E-state index in [-0.39, 0.29) is 11.9 Å². The van der Waals surface area contributed by atoms with Gasteiger partial charge in [-0.3, -0.25) is 4.79 Å². The SMILES string of the molecule is COC(=O)CC(CN)c1cccc2c1CCC2. The number of methoxy groups -OCH3 is 1. The molecule has 0 aromatic heterocycles. The number of ether oxygens (including phenoxy) is 1. The molecule has 1 unspecified atom stereocenters. The summed E-state index contributed by atoms with van der Waals surface area (Å²) in [5, 5.41) is 0. The lowest BCUT2D eigenvalue weighted by atomic mass is 9.90. The summed E-state index contributed by atoms with van der Waals surface area (Å²) >= 11 is 0. The number of aryl methyl sites for hydroxylation is 1. The van der Waals surface area contributed by atoms with Gasteiger partial charge in [-0.05, 0) is 42.5 Å². The first-order valence-electron chi connectivity index (χ1n) is 6.13. The maximum absolute atomic E-state index is 11.4. The second-order valence-electron chi connectivity index (χ2n) is 4.55. The van der Waals surface area contributed by atoms with E-state index >= 15 is 0 Å². The van der Waals surface area contributed by atoms with Crippen LogP contribution in [0.25, 0.3) is 0 Å². The Bertz CT molecular complexity index is 415. The van der Waals surface area contributed by atoms with Crippen molar-refractivity contribution in [2.45, 2.75) is 31.6 Å². The number of nitrogens with two attached hydrogens (primary N) is 1. The van der Waals surface area contributed by atoms with E-state index in [1.807, 2.05) is 0 Å². The van der Waals surface area contributed by atoms with Gasteiger partial charge in [0.2, 0.25) is 0 Å². The van der Waals surface area contributed by atoms with Crippen molar-refractivity contribution in [1.82, 2.24) is 0 Å². The minimum Gasteiger partial charge on any atom is -0.469 e. The molecule has 3 heteroatoms.